The molecule has 5 aliphatic carbocycles. The molecule has 0 bridgehead atoms. The second-order valence-electron chi connectivity index (χ2n) is 25.4. The van der Waals surface area contributed by atoms with Gasteiger partial charge in [0.1, 0.15) is 78.7 Å². The summed E-state index contributed by atoms with van der Waals surface area (Å²) in [4.78, 5) is 15.3. The van der Waals surface area contributed by atoms with E-state index in [1.807, 2.05) is 6.92 Å². The number of hydrogen-bond acceptors (Lipinski definition) is 24. The molecule has 9 aliphatic rings. The molecule has 24 heteroatoms. The van der Waals surface area contributed by atoms with Gasteiger partial charge in [0, 0.05) is 5.41 Å². The van der Waals surface area contributed by atoms with Gasteiger partial charge in [-0.3, -0.25) is 4.79 Å². The van der Waals surface area contributed by atoms with Gasteiger partial charge in [0.15, 0.2) is 25.0 Å². The molecule has 8 fully saturated rings. The van der Waals surface area contributed by atoms with Crippen LogP contribution in [0.25, 0.3) is 0 Å². The van der Waals surface area contributed by atoms with E-state index in [9.17, 15) is 76.6 Å². The highest BCUT2D eigenvalue weighted by atomic mass is 16.8. The standard InChI is InChI=1S/C52H84O24/c1-21-39(73-42-36(65)31(60)25(57)17-69-42)35(64)38(67)43(71-21)74-40-32(61)26(58)18-70-45(40)76-46(68)52-12-11-47(2,3)13-23(52)22-7-8-28-48(4)14-24(56)41(75-44-37(66)34(63)33(62)27(16-53)72-44)51(19-54,20-55)29(48)9-10-49(28,5)50(22,6)15-30(52)59/h7,21,23-45,53-67H,8-20H2,1-6H3/t21-,23-,24-,25+,26-,27+,28?,29?,30+,31-,32-,33+,34-,35-,36+,37+,38+,39-,40+,41-,42-,43-,44-,45-,48+,49+,50+,52+/m0/s1. The van der Waals surface area contributed by atoms with E-state index in [0.29, 0.717) is 32.1 Å². The minimum Gasteiger partial charge on any atom is -0.432 e. The van der Waals surface area contributed by atoms with Crippen LogP contribution in [0.2, 0.25) is 0 Å². The normalized spacial score (nSPS) is 54.0. The van der Waals surface area contributed by atoms with Gasteiger partial charge < -0.3 is 114 Å². The molecule has 4 heterocycles. The number of rotatable bonds is 11. The molecule has 0 aromatic heterocycles. The number of aliphatic hydroxyl groups excluding tert-OH is 15. The Bertz CT molecular complexity index is 2090. The molecule has 0 radical (unpaired) electrons. The van der Waals surface area contributed by atoms with Gasteiger partial charge in [-0.05, 0) is 97.7 Å². The van der Waals surface area contributed by atoms with Crippen molar-refractivity contribution in [1.82, 2.24) is 0 Å². The molecular weight excluding hydrogens is 1010 g/mol. The van der Waals surface area contributed by atoms with Gasteiger partial charge in [0.2, 0.25) is 6.29 Å². The second kappa shape index (κ2) is 21.3. The van der Waals surface area contributed by atoms with E-state index < -0.39 is 207 Å². The van der Waals surface area contributed by atoms with Crippen LogP contribution in [0.4, 0.5) is 0 Å². The van der Waals surface area contributed by atoms with Crippen molar-refractivity contribution in [2.45, 2.75) is 222 Å². The van der Waals surface area contributed by atoms with Crippen LogP contribution < -0.4 is 0 Å². The van der Waals surface area contributed by atoms with E-state index in [4.69, 9.17) is 37.9 Å². The molecule has 0 amide bonds. The molecule has 2 unspecified atom stereocenters. The van der Waals surface area contributed by atoms with Gasteiger partial charge in [-0.25, -0.2) is 0 Å². The predicted octanol–water partition coefficient (Wildman–Crippen LogP) is -3.84. The lowest BCUT2D eigenvalue weighted by molar-refractivity contribution is -0.369. The first kappa shape index (κ1) is 59.0. The summed E-state index contributed by atoms with van der Waals surface area (Å²) in [5.41, 5.74) is -4.60. The van der Waals surface area contributed by atoms with Gasteiger partial charge in [0.25, 0.3) is 0 Å². The molecule has 4 saturated heterocycles. The highest BCUT2D eigenvalue weighted by molar-refractivity contribution is 5.80. The van der Waals surface area contributed by atoms with Gasteiger partial charge in [0.05, 0.1) is 57.5 Å². The van der Waals surface area contributed by atoms with E-state index in [0.717, 1.165) is 5.57 Å². The zero-order chi connectivity index (χ0) is 55.6. The number of fused-ring (bicyclic) bond motifs is 7. The van der Waals surface area contributed by atoms with Crippen molar-refractivity contribution < 1.29 is 119 Å². The van der Waals surface area contributed by atoms with Gasteiger partial charge in [-0.2, -0.15) is 0 Å². The molecular formula is C52H84O24. The topological polar surface area (TPSA) is 394 Å². The molecule has 76 heavy (non-hydrogen) atoms. The van der Waals surface area contributed by atoms with E-state index in [-0.39, 0.29) is 30.6 Å². The summed E-state index contributed by atoms with van der Waals surface area (Å²) < 4.78 is 47.0. The fourth-order valence-electron chi connectivity index (χ4n) is 16.2. The van der Waals surface area contributed by atoms with Crippen LogP contribution >= 0.6 is 0 Å². The number of carbonyl (C=O) groups excluding carboxylic acids is 1. The third kappa shape index (κ3) is 9.17. The second-order valence-corrected chi connectivity index (χ2v) is 25.4. The fourth-order valence-corrected chi connectivity index (χ4v) is 16.2. The number of aliphatic hydroxyl groups is 15. The maximum Gasteiger partial charge on any atom is 0.317 e. The number of esters is 1. The SMILES string of the molecule is C[C@@H]1O[C@@H](O[C@H]2[C@H](OC(=O)[C@]34CCC(C)(C)C[C@H]3C3=CCC5[C@@]6(C)C[C@H](O)[C@H](O[C@@H]7O[C@H](CO)[C@@H](O)[C@H](O)[C@H]7O)C(CO)(CO)C6CC[C@@]5(C)[C@]3(C)C[C@H]4O)OC[C@H](O)[C@@H]2O)[C@H](O)[C@H](O)[C@H]1O[C@@H]1OC[C@@H](O)[C@H](O)[C@H]1O. The van der Waals surface area contributed by atoms with E-state index in [1.54, 1.807) is 0 Å². The van der Waals surface area contributed by atoms with Crippen molar-refractivity contribution in [2.24, 2.45) is 50.2 Å². The van der Waals surface area contributed by atoms with Crippen LogP contribution in [0.5, 0.6) is 0 Å². The first-order chi connectivity index (χ1) is 35.6. The summed E-state index contributed by atoms with van der Waals surface area (Å²) in [6.07, 6.45) is -28.2. The smallest absolute Gasteiger partial charge is 0.317 e. The van der Waals surface area contributed by atoms with Crippen LogP contribution in [0.1, 0.15) is 92.9 Å². The maximum atomic E-state index is 15.3. The Morgan fingerprint density at radius 2 is 1.22 bits per heavy atom. The van der Waals surface area contributed by atoms with Crippen molar-refractivity contribution in [2.75, 3.05) is 33.0 Å². The van der Waals surface area contributed by atoms with Crippen molar-refractivity contribution in [3.63, 3.8) is 0 Å². The number of ether oxygens (including phenoxy) is 8. The highest BCUT2D eigenvalue weighted by Crippen LogP contribution is 2.76. The summed E-state index contributed by atoms with van der Waals surface area (Å²) in [6.45, 7) is 9.08. The molecule has 15 N–H and O–H groups in total. The zero-order valence-electron chi connectivity index (χ0n) is 44.0. The maximum absolute atomic E-state index is 15.3. The summed E-state index contributed by atoms with van der Waals surface area (Å²) in [5, 5.41) is 165. The monoisotopic (exact) mass is 1090 g/mol. The Morgan fingerprint density at radius 3 is 1.88 bits per heavy atom. The molecule has 4 saturated carbocycles. The molecule has 0 aromatic carbocycles. The average molecular weight is 1090 g/mol. The van der Waals surface area contributed by atoms with Crippen molar-refractivity contribution in [3.8, 4) is 0 Å². The predicted molar refractivity (Wildman–Crippen MR) is 255 cm³/mol. The Hall–Kier alpha value is -1.67. The molecule has 0 spiro atoms. The lowest BCUT2D eigenvalue weighted by atomic mass is 9.33. The molecule has 4 aliphatic heterocycles. The third-order valence-corrected chi connectivity index (χ3v) is 20.8. The number of hydrogen-bond donors (Lipinski definition) is 15. The summed E-state index contributed by atoms with van der Waals surface area (Å²) >= 11 is 0. The van der Waals surface area contributed by atoms with Crippen molar-refractivity contribution in [1.29, 1.82) is 0 Å². The zero-order valence-corrected chi connectivity index (χ0v) is 44.0. The van der Waals surface area contributed by atoms with E-state index in [1.165, 1.54) is 6.92 Å². The Morgan fingerprint density at radius 1 is 0.618 bits per heavy atom. The van der Waals surface area contributed by atoms with Gasteiger partial charge >= 0.3 is 5.97 Å². The molecule has 0 aromatic rings. The van der Waals surface area contributed by atoms with Crippen molar-refractivity contribution in [3.05, 3.63) is 11.6 Å². The highest BCUT2D eigenvalue weighted by Gasteiger charge is 2.74. The summed E-state index contributed by atoms with van der Waals surface area (Å²) in [6, 6.07) is 0. The van der Waals surface area contributed by atoms with Gasteiger partial charge in [-0.15, -0.1) is 0 Å². The van der Waals surface area contributed by atoms with Crippen LogP contribution in [-0.4, -0.2) is 245 Å². The van der Waals surface area contributed by atoms with Gasteiger partial charge in [-0.1, -0.05) is 46.3 Å². The fraction of sp³-hybridized carbons (Fsp3) is 0.942. The quantitative estimate of drug-likeness (QED) is 0.0535. The minimum absolute atomic E-state index is 0.103. The average Bonchev–Trinajstić information content (AvgIpc) is 3.56. The van der Waals surface area contributed by atoms with Crippen LogP contribution in [0, 0.1) is 50.2 Å². The lowest BCUT2D eigenvalue weighted by Gasteiger charge is -2.72. The third-order valence-electron chi connectivity index (χ3n) is 20.8. The number of carbonyl (C=O) groups is 1. The Labute approximate surface area is 441 Å². The molecule has 9 rings (SSSR count). The Kier molecular flexibility index (Phi) is 16.5. The minimum atomic E-state index is -1.91. The molecule has 436 valence electrons. The first-order valence-corrected chi connectivity index (χ1v) is 27.0. The summed E-state index contributed by atoms with van der Waals surface area (Å²) in [7, 11) is 0. The van der Waals surface area contributed by atoms with E-state index in [2.05, 4.69) is 33.8 Å². The lowest BCUT2D eigenvalue weighted by Crippen LogP contribution is -2.71. The Balaban J connectivity index is 0.971. The van der Waals surface area contributed by atoms with Crippen molar-refractivity contribution >= 4 is 5.97 Å². The van der Waals surface area contributed by atoms with E-state index >= 15 is 4.79 Å². The summed E-state index contributed by atoms with van der Waals surface area (Å²) in [5.74, 6) is -2.14. The largest absolute Gasteiger partial charge is 0.432 e. The molecule has 24 nitrogen and oxygen atoms in total. The molecule has 28 atom stereocenters. The van der Waals surface area contributed by atoms with Crippen LogP contribution in [0.15, 0.2) is 11.6 Å². The van der Waals surface area contributed by atoms with Crippen LogP contribution in [0.3, 0.4) is 0 Å². The number of allylic oxidation sites excluding steroid dienone is 2. The van der Waals surface area contributed by atoms with Crippen LogP contribution in [-0.2, 0) is 42.7 Å². The first-order valence-electron chi connectivity index (χ1n) is 27.0.